The SMILES string of the molecule is Cc1ccc(C2/C(=C(\O)c3ccc4c(c3)CCCO4)C(=O)C(=O)N2c2nc3ccccc3[nH]2)o1. The number of fused-ring (bicyclic) bond motifs is 2. The number of imidazole rings is 1. The number of aliphatic hydroxyl groups excluding tert-OH is 1. The highest BCUT2D eigenvalue weighted by Crippen LogP contribution is 2.42. The van der Waals surface area contributed by atoms with Gasteiger partial charge in [-0.3, -0.25) is 14.5 Å². The van der Waals surface area contributed by atoms with Gasteiger partial charge in [-0.05, 0) is 67.8 Å². The number of carbonyl (C=O) groups is 2. The smallest absolute Gasteiger partial charge is 0.302 e. The highest BCUT2D eigenvalue weighted by atomic mass is 16.5. The normalized spacial score (nSPS) is 19.4. The van der Waals surface area contributed by atoms with Gasteiger partial charge >= 0.3 is 5.91 Å². The number of nitrogens with one attached hydrogen (secondary N) is 1. The van der Waals surface area contributed by atoms with Crippen molar-refractivity contribution in [1.82, 2.24) is 9.97 Å². The Morgan fingerprint density at radius 2 is 2.00 bits per heavy atom. The molecule has 0 aliphatic carbocycles. The Balaban J connectivity index is 1.53. The van der Waals surface area contributed by atoms with Crippen molar-refractivity contribution in [3.05, 3.63) is 82.8 Å². The number of ketones is 1. The number of nitrogens with zero attached hydrogens (tertiary/aromatic N) is 2. The topological polar surface area (TPSA) is 109 Å². The monoisotopic (exact) mass is 455 g/mol. The molecular weight excluding hydrogens is 434 g/mol. The van der Waals surface area contributed by atoms with Gasteiger partial charge in [0.15, 0.2) is 0 Å². The zero-order valence-corrected chi connectivity index (χ0v) is 18.4. The van der Waals surface area contributed by atoms with Crippen LogP contribution >= 0.6 is 0 Å². The molecule has 8 nitrogen and oxygen atoms in total. The molecule has 1 amide bonds. The van der Waals surface area contributed by atoms with Gasteiger partial charge in [0, 0.05) is 5.56 Å². The minimum absolute atomic E-state index is 0.0449. The molecule has 1 atom stereocenters. The summed E-state index contributed by atoms with van der Waals surface area (Å²) in [5.74, 6) is 0.108. The Kier molecular flexibility index (Phi) is 4.55. The number of aryl methyl sites for hydroxylation is 2. The maximum Gasteiger partial charge on any atom is 0.302 e. The van der Waals surface area contributed by atoms with E-state index in [2.05, 4.69) is 9.97 Å². The lowest BCUT2D eigenvalue weighted by Crippen LogP contribution is -2.30. The second-order valence-electron chi connectivity index (χ2n) is 8.47. The fourth-order valence-corrected chi connectivity index (χ4v) is 4.64. The summed E-state index contributed by atoms with van der Waals surface area (Å²) < 4.78 is 11.5. The molecule has 2 aliphatic rings. The minimum Gasteiger partial charge on any atom is -0.507 e. The van der Waals surface area contributed by atoms with Gasteiger partial charge in [0.1, 0.15) is 29.1 Å². The zero-order chi connectivity index (χ0) is 23.4. The third kappa shape index (κ3) is 3.10. The van der Waals surface area contributed by atoms with E-state index in [1.807, 2.05) is 30.3 Å². The fraction of sp³-hybridized carbons (Fsp3) is 0.192. The number of aromatic amines is 1. The van der Waals surface area contributed by atoms with Crippen molar-refractivity contribution in [2.24, 2.45) is 0 Å². The minimum atomic E-state index is -0.971. The average molecular weight is 455 g/mol. The maximum atomic E-state index is 13.3. The van der Waals surface area contributed by atoms with Crippen molar-refractivity contribution in [3.8, 4) is 5.75 Å². The Morgan fingerprint density at radius 3 is 2.79 bits per heavy atom. The molecule has 0 spiro atoms. The van der Waals surface area contributed by atoms with Crippen LogP contribution in [0, 0.1) is 6.92 Å². The number of hydrogen-bond acceptors (Lipinski definition) is 6. The molecule has 1 saturated heterocycles. The molecule has 1 fully saturated rings. The molecule has 2 N–H and O–H groups in total. The lowest BCUT2D eigenvalue weighted by molar-refractivity contribution is -0.132. The maximum absolute atomic E-state index is 13.3. The van der Waals surface area contributed by atoms with Gasteiger partial charge in [0.05, 0.1) is 23.2 Å². The Labute approximate surface area is 194 Å². The summed E-state index contributed by atoms with van der Waals surface area (Å²) in [7, 11) is 0. The number of hydrogen-bond donors (Lipinski definition) is 2. The number of Topliss-reactive ketones (excluding diaryl/α,β-unsaturated/α-hetero) is 1. The van der Waals surface area contributed by atoms with Gasteiger partial charge < -0.3 is 19.2 Å². The predicted molar refractivity (Wildman–Crippen MR) is 125 cm³/mol. The van der Waals surface area contributed by atoms with Crippen LogP contribution in [-0.4, -0.2) is 33.4 Å². The highest BCUT2D eigenvalue weighted by molar-refractivity contribution is 6.51. The van der Waals surface area contributed by atoms with Crippen molar-refractivity contribution in [2.75, 3.05) is 11.5 Å². The number of aliphatic hydroxyl groups is 1. The lowest BCUT2D eigenvalue weighted by Gasteiger charge is -2.21. The Morgan fingerprint density at radius 1 is 1.15 bits per heavy atom. The number of carbonyl (C=O) groups excluding carboxylic acids is 2. The first kappa shape index (κ1) is 20.3. The number of benzene rings is 2. The summed E-state index contributed by atoms with van der Waals surface area (Å²) in [5.41, 5.74) is 2.73. The summed E-state index contributed by atoms with van der Waals surface area (Å²) in [6.45, 7) is 2.43. The number of amides is 1. The number of aromatic nitrogens is 2. The van der Waals surface area contributed by atoms with E-state index >= 15 is 0 Å². The summed E-state index contributed by atoms with van der Waals surface area (Å²) in [6.07, 6.45) is 1.68. The van der Waals surface area contributed by atoms with Gasteiger partial charge in [-0.25, -0.2) is 4.98 Å². The molecule has 2 aliphatic heterocycles. The van der Waals surface area contributed by atoms with Crippen LogP contribution in [0.15, 0.2) is 64.6 Å². The van der Waals surface area contributed by atoms with Gasteiger partial charge in [-0.15, -0.1) is 0 Å². The molecule has 4 aromatic rings. The molecule has 2 aromatic carbocycles. The largest absolute Gasteiger partial charge is 0.507 e. The first-order valence-corrected chi connectivity index (χ1v) is 11.1. The molecule has 170 valence electrons. The third-order valence-electron chi connectivity index (χ3n) is 6.26. The van der Waals surface area contributed by atoms with Crippen molar-refractivity contribution in [1.29, 1.82) is 0 Å². The number of rotatable bonds is 3. The molecule has 0 radical (unpaired) electrons. The lowest BCUT2D eigenvalue weighted by atomic mass is 9.96. The predicted octanol–water partition coefficient (Wildman–Crippen LogP) is 4.42. The van der Waals surface area contributed by atoms with Crippen molar-refractivity contribution >= 4 is 34.4 Å². The molecule has 4 heterocycles. The Hall–Kier alpha value is -4.33. The van der Waals surface area contributed by atoms with E-state index in [0.29, 0.717) is 29.2 Å². The van der Waals surface area contributed by atoms with Crippen LogP contribution in [0.5, 0.6) is 5.75 Å². The van der Waals surface area contributed by atoms with Crippen LogP contribution in [0.25, 0.3) is 16.8 Å². The Bertz CT molecular complexity index is 1460. The van der Waals surface area contributed by atoms with Crippen LogP contribution in [0.3, 0.4) is 0 Å². The molecule has 2 aromatic heterocycles. The molecular formula is C26H21N3O5. The highest BCUT2D eigenvalue weighted by Gasteiger charge is 2.49. The van der Waals surface area contributed by atoms with Gasteiger partial charge in [-0.1, -0.05) is 12.1 Å². The number of anilines is 1. The van der Waals surface area contributed by atoms with E-state index in [4.69, 9.17) is 9.15 Å². The van der Waals surface area contributed by atoms with Gasteiger partial charge in [0.25, 0.3) is 5.78 Å². The number of ether oxygens (including phenoxy) is 1. The van der Waals surface area contributed by atoms with E-state index in [-0.39, 0.29) is 17.3 Å². The van der Waals surface area contributed by atoms with Crippen LogP contribution in [0.1, 0.15) is 35.1 Å². The van der Waals surface area contributed by atoms with Gasteiger partial charge in [-0.2, -0.15) is 0 Å². The van der Waals surface area contributed by atoms with E-state index in [1.54, 1.807) is 31.2 Å². The first-order valence-electron chi connectivity index (χ1n) is 11.1. The van der Waals surface area contributed by atoms with Crippen LogP contribution in [0.4, 0.5) is 5.95 Å². The van der Waals surface area contributed by atoms with Crippen molar-refractivity contribution in [2.45, 2.75) is 25.8 Å². The van der Waals surface area contributed by atoms with Crippen molar-refractivity contribution in [3.63, 3.8) is 0 Å². The molecule has 34 heavy (non-hydrogen) atoms. The first-order chi connectivity index (χ1) is 16.5. The zero-order valence-electron chi connectivity index (χ0n) is 18.4. The van der Waals surface area contributed by atoms with E-state index < -0.39 is 17.7 Å². The summed E-state index contributed by atoms with van der Waals surface area (Å²) in [4.78, 5) is 35.4. The van der Waals surface area contributed by atoms with E-state index in [1.165, 1.54) is 4.90 Å². The van der Waals surface area contributed by atoms with Gasteiger partial charge in [0.2, 0.25) is 5.95 Å². The molecule has 0 saturated carbocycles. The summed E-state index contributed by atoms with van der Waals surface area (Å²) in [6, 6.07) is 15.1. The van der Waals surface area contributed by atoms with Crippen LogP contribution < -0.4 is 9.64 Å². The van der Waals surface area contributed by atoms with E-state index in [0.717, 1.165) is 29.7 Å². The number of para-hydroxylation sites is 2. The number of furan rings is 1. The average Bonchev–Trinajstić information content (AvgIpc) is 3.54. The molecule has 6 rings (SSSR count). The quantitative estimate of drug-likeness (QED) is 0.269. The standard InChI is InChI=1S/C26H21N3O5/c1-14-8-10-20(34-14)22-21(23(30)16-9-11-19-15(13-16)5-4-12-33-19)24(31)25(32)29(22)26-27-17-6-2-3-7-18(17)28-26/h2-3,6-11,13,22,30H,4-5,12H2,1H3,(H,27,28)/b23-21+. The third-order valence-corrected chi connectivity index (χ3v) is 6.26. The molecule has 0 bridgehead atoms. The van der Waals surface area contributed by atoms with E-state index in [9.17, 15) is 14.7 Å². The van der Waals surface area contributed by atoms with Crippen LogP contribution in [0.2, 0.25) is 0 Å². The summed E-state index contributed by atoms with van der Waals surface area (Å²) in [5, 5.41) is 11.3. The fourth-order valence-electron chi connectivity index (χ4n) is 4.64. The second-order valence-corrected chi connectivity index (χ2v) is 8.47. The molecule has 1 unspecified atom stereocenters. The second kappa shape index (κ2) is 7.62. The van der Waals surface area contributed by atoms with Crippen molar-refractivity contribution < 1.29 is 23.8 Å². The van der Waals surface area contributed by atoms with Crippen LogP contribution in [-0.2, 0) is 16.0 Å². The number of H-pyrrole nitrogens is 1. The summed E-state index contributed by atoms with van der Waals surface area (Å²) >= 11 is 0. The molecule has 8 heteroatoms.